The van der Waals surface area contributed by atoms with Crippen LogP contribution < -0.4 is 21.5 Å². The van der Waals surface area contributed by atoms with E-state index in [1.165, 1.54) is 122 Å². The Kier molecular flexibility index (Phi) is 27.7. The summed E-state index contributed by atoms with van der Waals surface area (Å²) in [5, 5.41) is 6.00. The molecule has 7 nitrogen and oxygen atoms in total. The van der Waals surface area contributed by atoms with Gasteiger partial charge in [0.15, 0.2) is 0 Å². The van der Waals surface area contributed by atoms with Crippen molar-refractivity contribution in [3.05, 3.63) is 20.4 Å². The molecule has 0 bridgehead atoms. The van der Waals surface area contributed by atoms with E-state index in [4.69, 9.17) is 4.74 Å². The summed E-state index contributed by atoms with van der Waals surface area (Å²) in [6, 6.07) is 0. The maximum absolute atomic E-state index is 12.7. The largest absolute Gasteiger partial charge is 0.462 e. The summed E-state index contributed by atoms with van der Waals surface area (Å²) in [7, 11) is 1.68. The molecular formula is C40H75N3O4. The van der Waals surface area contributed by atoms with Crippen LogP contribution in [0.25, 0.3) is 0 Å². The zero-order valence-corrected chi connectivity index (χ0v) is 31.4. The zero-order valence-electron chi connectivity index (χ0n) is 31.4. The Balaban J connectivity index is 2.32. The van der Waals surface area contributed by atoms with E-state index in [2.05, 4.69) is 36.3 Å². The predicted octanol–water partition coefficient (Wildman–Crippen LogP) is 10.2. The molecule has 0 spiro atoms. The lowest BCUT2D eigenvalue weighted by Crippen LogP contribution is -2.37. The predicted molar refractivity (Wildman–Crippen MR) is 203 cm³/mol. The van der Waals surface area contributed by atoms with Crippen LogP contribution in [0.2, 0.25) is 0 Å². The van der Waals surface area contributed by atoms with Crippen molar-refractivity contribution in [2.75, 3.05) is 43.9 Å². The lowest BCUT2D eigenvalue weighted by Gasteiger charge is -2.23. The molecule has 0 aromatic heterocycles. The van der Waals surface area contributed by atoms with E-state index in [9.17, 15) is 14.4 Å². The van der Waals surface area contributed by atoms with Crippen LogP contribution in [0.4, 0.5) is 11.4 Å². The minimum absolute atomic E-state index is 0.0143. The molecule has 0 saturated carbocycles. The Morgan fingerprint density at radius 1 is 0.574 bits per heavy atom. The van der Waals surface area contributed by atoms with Gasteiger partial charge in [-0.2, -0.15) is 0 Å². The van der Waals surface area contributed by atoms with Gasteiger partial charge in [0.2, 0.25) is 0 Å². The number of hydrogen-bond acceptors (Lipinski definition) is 7. The number of ether oxygens (including phenoxy) is 1. The quantitative estimate of drug-likeness (QED) is 0.0425. The Labute approximate surface area is 289 Å². The highest BCUT2D eigenvalue weighted by atomic mass is 16.5. The molecule has 0 aliphatic carbocycles. The van der Waals surface area contributed by atoms with E-state index in [0.717, 1.165) is 58.2 Å². The number of anilines is 2. The molecule has 47 heavy (non-hydrogen) atoms. The van der Waals surface area contributed by atoms with Crippen molar-refractivity contribution in [2.24, 2.45) is 0 Å². The molecule has 2 N–H and O–H groups in total. The number of carbonyl (C=O) groups is 1. The second kappa shape index (κ2) is 30.2. The first-order chi connectivity index (χ1) is 23.0. The van der Waals surface area contributed by atoms with Gasteiger partial charge in [-0.1, -0.05) is 130 Å². The molecule has 0 saturated heterocycles. The van der Waals surface area contributed by atoms with Crippen molar-refractivity contribution in [3.8, 4) is 0 Å². The van der Waals surface area contributed by atoms with E-state index in [1.807, 2.05) is 0 Å². The number of unbranched alkanes of at least 4 members (excludes halogenated alkanes) is 18. The molecule has 0 atom stereocenters. The molecule has 1 aromatic rings. The van der Waals surface area contributed by atoms with Gasteiger partial charge in [0.25, 0.3) is 10.9 Å². The highest BCUT2D eigenvalue weighted by molar-refractivity contribution is 5.73. The second-order valence-electron chi connectivity index (χ2n) is 13.9. The third-order valence-corrected chi connectivity index (χ3v) is 9.60. The number of nitrogens with one attached hydrogen (secondary N) is 2. The number of nitrogens with zero attached hydrogens (tertiary/aromatic N) is 1. The molecule has 0 amide bonds. The first-order valence-electron chi connectivity index (χ1n) is 20.1. The number of carbonyl (C=O) groups excluding carboxylic acids is 1. The molecule has 1 rings (SSSR count). The third kappa shape index (κ3) is 21.6. The van der Waals surface area contributed by atoms with Crippen LogP contribution in [0.3, 0.4) is 0 Å². The maximum Gasteiger partial charge on any atom is 0.306 e. The monoisotopic (exact) mass is 662 g/mol. The average Bonchev–Trinajstić information content (AvgIpc) is 3.07. The second-order valence-corrected chi connectivity index (χ2v) is 13.9. The van der Waals surface area contributed by atoms with E-state index in [0.29, 0.717) is 24.3 Å². The normalized spacial score (nSPS) is 11.6. The van der Waals surface area contributed by atoms with Gasteiger partial charge in [-0.3, -0.25) is 14.4 Å². The summed E-state index contributed by atoms with van der Waals surface area (Å²) in [5.74, 6) is 0.0143. The first kappa shape index (κ1) is 43.1. The summed E-state index contributed by atoms with van der Waals surface area (Å²) in [5.41, 5.74) is 0.0316. The van der Waals surface area contributed by atoms with E-state index in [-0.39, 0.29) is 12.1 Å². The summed E-state index contributed by atoms with van der Waals surface area (Å²) >= 11 is 0. The van der Waals surface area contributed by atoms with Gasteiger partial charge in [0.05, 0.1) is 0 Å². The Morgan fingerprint density at radius 3 is 1.51 bits per heavy atom. The van der Waals surface area contributed by atoms with Crippen molar-refractivity contribution in [2.45, 2.75) is 194 Å². The van der Waals surface area contributed by atoms with E-state index in [1.54, 1.807) is 7.05 Å². The van der Waals surface area contributed by atoms with Gasteiger partial charge in [-0.25, -0.2) is 0 Å². The molecule has 0 aliphatic rings. The average molecular weight is 662 g/mol. The molecule has 0 radical (unpaired) electrons. The topological polar surface area (TPSA) is 87.7 Å². The molecular weight excluding hydrogens is 586 g/mol. The van der Waals surface area contributed by atoms with Crippen molar-refractivity contribution in [1.82, 2.24) is 4.90 Å². The van der Waals surface area contributed by atoms with Crippen LogP contribution >= 0.6 is 0 Å². The van der Waals surface area contributed by atoms with Crippen molar-refractivity contribution >= 4 is 17.3 Å². The molecule has 0 aliphatic heterocycles. The third-order valence-electron chi connectivity index (χ3n) is 9.60. The molecule has 0 unspecified atom stereocenters. The van der Waals surface area contributed by atoms with Crippen LogP contribution in [0, 0.1) is 0 Å². The van der Waals surface area contributed by atoms with Gasteiger partial charge < -0.3 is 20.3 Å². The van der Waals surface area contributed by atoms with Gasteiger partial charge >= 0.3 is 5.97 Å². The van der Waals surface area contributed by atoms with Crippen molar-refractivity contribution in [3.63, 3.8) is 0 Å². The molecule has 0 fully saturated rings. The summed E-state index contributed by atoms with van der Waals surface area (Å²) in [6.45, 7) is 10.7. The molecule has 0 heterocycles. The van der Waals surface area contributed by atoms with Crippen LogP contribution in [0.1, 0.15) is 188 Å². The van der Waals surface area contributed by atoms with Gasteiger partial charge in [0.1, 0.15) is 17.5 Å². The fourth-order valence-electron chi connectivity index (χ4n) is 6.54. The van der Waals surface area contributed by atoms with Crippen molar-refractivity contribution in [1.29, 1.82) is 0 Å². The van der Waals surface area contributed by atoms with Crippen LogP contribution in [0.15, 0.2) is 9.59 Å². The van der Waals surface area contributed by atoms with Gasteiger partial charge in [-0.05, 0) is 71.0 Å². The van der Waals surface area contributed by atoms with Crippen LogP contribution in [0.5, 0.6) is 0 Å². The first-order valence-corrected chi connectivity index (χ1v) is 20.1. The molecule has 1 aromatic carbocycles. The lowest BCUT2D eigenvalue weighted by molar-refractivity contribution is -0.150. The highest BCUT2D eigenvalue weighted by Crippen LogP contribution is 2.19. The fourth-order valence-corrected chi connectivity index (χ4v) is 6.54. The Morgan fingerprint density at radius 2 is 1.00 bits per heavy atom. The van der Waals surface area contributed by atoms with E-state index >= 15 is 0 Å². The molecule has 7 heteroatoms. The fraction of sp³-hybridized carbons (Fsp3) is 0.875. The SMILES string of the molecule is CCCCCCCCC(CCCCCCCC)OC(=O)CCCCCCCN(CCCCCCC)CCCNc1c(NC)c(=O)c1=O. The maximum atomic E-state index is 12.7. The standard InChI is InChI=1S/C40H75N3O4/c1-5-8-11-14-17-22-28-35(29-23-18-15-12-9-6-2)47-36(44)30-24-19-16-21-26-33-43(32-25-20-13-10-7-3)34-27-31-42-38-37(41-4)39(45)40(38)46/h35,41-42H,5-34H2,1-4H3. The lowest BCUT2D eigenvalue weighted by atomic mass is 10.0. The van der Waals surface area contributed by atoms with Crippen molar-refractivity contribution < 1.29 is 9.53 Å². The molecule has 274 valence electrons. The van der Waals surface area contributed by atoms with E-state index < -0.39 is 10.9 Å². The van der Waals surface area contributed by atoms with Gasteiger partial charge in [-0.15, -0.1) is 0 Å². The minimum Gasteiger partial charge on any atom is -0.462 e. The number of hydrogen-bond donors (Lipinski definition) is 2. The van der Waals surface area contributed by atoms with Crippen LogP contribution in [-0.2, 0) is 9.53 Å². The summed E-state index contributed by atoms with van der Waals surface area (Å²) < 4.78 is 6.03. The number of esters is 1. The number of rotatable bonds is 35. The summed E-state index contributed by atoms with van der Waals surface area (Å²) in [4.78, 5) is 38.7. The summed E-state index contributed by atoms with van der Waals surface area (Å²) in [6.07, 6.45) is 31.0. The highest BCUT2D eigenvalue weighted by Gasteiger charge is 2.19. The van der Waals surface area contributed by atoms with Crippen LogP contribution in [-0.4, -0.2) is 50.2 Å². The van der Waals surface area contributed by atoms with Gasteiger partial charge in [0, 0.05) is 20.0 Å². The Hall–Kier alpha value is -1.89. The zero-order chi connectivity index (χ0) is 34.4. The minimum atomic E-state index is -0.420. The smallest absolute Gasteiger partial charge is 0.306 e. The Bertz CT molecular complexity index is 926.